The third-order valence-corrected chi connectivity index (χ3v) is 4.66. The molecule has 140 valence electrons. The number of aliphatic hydroxyl groups is 1. The van der Waals surface area contributed by atoms with E-state index in [0.29, 0.717) is 6.54 Å². The van der Waals surface area contributed by atoms with Gasteiger partial charge in [0.25, 0.3) is 0 Å². The Balaban J connectivity index is 2.33. The Bertz CT molecular complexity index is 908. The van der Waals surface area contributed by atoms with Crippen LogP contribution < -0.4 is 14.4 Å². The first-order chi connectivity index (χ1) is 13.2. The molecule has 0 amide bonds. The Morgan fingerprint density at radius 3 is 1.93 bits per heavy atom. The number of likely N-dealkylation sites (N-methyl/N-ethyl adjacent to an activating group) is 1. The zero-order valence-corrected chi connectivity index (χ0v) is 16.0. The Kier molecular flexibility index (Phi) is 5.99. The van der Waals surface area contributed by atoms with Crippen LogP contribution in [0.4, 0.5) is 5.69 Å². The average Bonchev–Trinajstić information content (AvgIpc) is 2.73. The van der Waals surface area contributed by atoms with E-state index in [1.54, 1.807) is 14.2 Å². The third-order valence-electron chi connectivity index (χ3n) is 4.66. The molecule has 4 heteroatoms. The predicted octanol–water partition coefficient (Wildman–Crippen LogP) is 4.47. The first kappa shape index (κ1) is 18.8. The maximum Gasteiger partial charge on any atom is 0.126 e. The number of benzene rings is 3. The molecule has 3 rings (SSSR count). The summed E-state index contributed by atoms with van der Waals surface area (Å²) in [6.07, 6.45) is 0. The highest BCUT2D eigenvalue weighted by Gasteiger charge is 2.19. The molecule has 0 spiro atoms. The smallest absolute Gasteiger partial charge is 0.126 e. The lowest BCUT2D eigenvalue weighted by atomic mass is 9.91. The van der Waals surface area contributed by atoms with Gasteiger partial charge in [0, 0.05) is 36.0 Å². The topological polar surface area (TPSA) is 41.9 Å². The van der Waals surface area contributed by atoms with Crippen molar-refractivity contribution in [2.24, 2.45) is 0 Å². The second-order valence-electron chi connectivity index (χ2n) is 6.25. The van der Waals surface area contributed by atoms with E-state index in [4.69, 9.17) is 9.47 Å². The highest BCUT2D eigenvalue weighted by Crippen LogP contribution is 2.45. The van der Waals surface area contributed by atoms with Crippen LogP contribution in [0.3, 0.4) is 0 Å². The normalized spacial score (nSPS) is 10.5. The second kappa shape index (κ2) is 8.60. The van der Waals surface area contributed by atoms with Gasteiger partial charge < -0.3 is 19.5 Å². The maximum absolute atomic E-state index is 9.44. The molecule has 0 saturated heterocycles. The molecular weight excluding hydrogens is 338 g/mol. The molecule has 27 heavy (non-hydrogen) atoms. The molecule has 3 aromatic rings. The molecule has 0 aliphatic rings. The number of ether oxygens (including phenoxy) is 2. The summed E-state index contributed by atoms with van der Waals surface area (Å²) in [7, 11) is 5.35. The van der Waals surface area contributed by atoms with E-state index in [9.17, 15) is 5.11 Å². The van der Waals surface area contributed by atoms with Gasteiger partial charge in [-0.05, 0) is 23.8 Å². The predicted molar refractivity (Wildman–Crippen MR) is 111 cm³/mol. The van der Waals surface area contributed by atoms with E-state index in [1.807, 2.05) is 49.5 Å². The lowest BCUT2D eigenvalue weighted by Crippen LogP contribution is -2.22. The van der Waals surface area contributed by atoms with Crippen molar-refractivity contribution in [3.05, 3.63) is 66.7 Å². The number of hydrogen-bond donors (Lipinski definition) is 1. The first-order valence-corrected chi connectivity index (χ1v) is 8.93. The largest absolute Gasteiger partial charge is 0.496 e. The third kappa shape index (κ3) is 3.76. The monoisotopic (exact) mass is 363 g/mol. The van der Waals surface area contributed by atoms with Crippen LogP contribution in [0.5, 0.6) is 11.5 Å². The van der Waals surface area contributed by atoms with Crippen molar-refractivity contribution < 1.29 is 14.6 Å². The van der Waals surface area contributed by atoms with Gasteiger partial charge in [-0.3, -0.25) is 0 Å². The number of anilines is 1. The summed E-state index contributed by atoms with van der Waals surface area (Å²) in [5.41, 5.74) is 5.15. The fourth-order valence-electron chi connectivity index (χ4n) is 3.35. The minimum atomic E-state index is 0.0841. The van der Waals surface area contributed by atoms with Gasteiger partial charge in [-0.1, -0.05) is 48.5 Å². The van der Waals surface area contributed by atoms with Gasteiger partial charge in [0.2, 0.25) is 0 Å². The first-order valence-electron chi connectivity index (χ1n) is 8.93. The van der Waals surface area contributed by atoms with Gasteiger partial charge in [0.1, 0.15) is 11.5 Å². The van der Waals surface area contributed by atoms with Crippen LogP contribution in [-0.4, -0.2) is 39.5 Å². The molecule has 4 nitrogen and oxygen atoms in total. The highest BCUT2D eigenvalue weighted by atomic mass is 16.5. The Morgan fingerprint density at radius 1 is 0.741 bits per heavy atom. The summed E-state index contributed by atoms with van der Waals surface area (Å²) in [5, 5.41) is 9.44. The molecule has 0 aromatic heterocycles. The fraction of sp³-hybridized carbons (Fsp3) is 0.217. The number of aliphatic hydroxyl groups excluding tert-OH is 1. The summed E-state index contributed by atoms with van der Waals surface area (Å²) in [4.78, 5) is 2.06. The fourth-order valence-corrected chi connectivity index (χ4v) is 3.35. The van der Waals surface area contributed by atoms with Crippen molar-refractivity contribution >= 4 is 5.69 Å². The summed E-state index contributed by atoms with van der Waals surface area (Å²) < 4.78 is 11.3. The average molecular weight is 363 g/mol. The van der Waals surface area contributed by atoms with Crippen molar-refractivity contribution in [2.75, 3.05) is 39.3 Å². The van der Waals surface area contributed by atoms with E-state index >= 15 is 0 Å². The summed E-state index contributed by atoms with van der Waals surface area (Å²) >= 11 is 0. The van der Waals surface area contributed by atoms with Gasteiger partial charge >= 0.3 is 0 Å². The van der Waals surface area contributed by atoms with Gasteiger partial charge in [-0.15, -0.1) is 0 Å². The molecule has 0 radical (unpaired) electrons. The lowest BCUT2D eigenvalue weighted by molar-refractivity contribution is 0.304. The van der Waals surface area contributed by atoms with Gasteiger partial charge in [0.15, 0.2) is 0 Å². The molecule has 3 aromatic carbocycles. The Morgan fingerprint density at radius 2 is 1.30 bits per heavy atom. The number of nitrogens with zero attached hydrogens (tertiary/aromatic N) is 1. The molecule has 0 bridgehead atoms. The summed E-state index contributed by atoms with van der Waals surface area (Å²) in [6, 6.07) is 22.2. The van der Waals surface area contributed by atoms with Crippen molar-refractivity contribution in [3.8, 4) is 33.8 Å². The number of methoxy groups -OCH3 is 2. The van der Waals surface area contributed by atoms with Crippen LogP contribution >= 0.6 is 0 Å². The standard InChI is InChI=1S/C23H25NO3/c1-24(15-16-25)20-12-8-11-18(17-9-4-6-13-21(17)26-2)23(20)19-10-5-7-14-22(19)27-3/h4-14,25H,15-16H2,1-3H3. The van der Waals surface area contributed by atoms with E-state index in [0.717, 1.165) is 39.4 Å². The molecule has 0 heterocycles. The Labute approximate surface area is 160 Å². The van der Waals surface area contributed by atoms with Crippen molar-refractivity contribution in [3.63, 3.8) is 0 Å². The quantitative estimate of drug-likeness (QED) is 0.673. The minimum Gasteiger partial charge on any atom is -0.496 e. The maximum atomic E-state index is 9.44. The molecule has 0 aliphatic heterocycles. The zero-order chi connectivity index (χ0) is 19.2. The molecule has 1 N–H and O–H groups in total. The highest BCUT2D eigenvalue weighted by molar-refractivity contribution is 5.95. The zero-order valence-electron chi connectivity index (χ0n) is 16.0. The number of rotatable bonds is 7. The van der Waals surface area contributed by atoms with Gasteiger partial charge in [-0.25, -0.2) is 0 Å². The molecule has 0 aliphatic carbocycles. The van der Waals surface area contributed by atoms with Crippen LogP contribution in [0.15, 0.2) is 66.7 Å². The molecule has 0 atom stereocenters. The van der Waals surface area contributed by atoms with Gasteiger partial charge in [0.05, 0.1) is 20.8 Å². The Hall–Kier alpha value is -2.98. The minimum absolute atomic E-state index is 0.0841. The van der Waals surface area contributed by atoms with E-state index in [2.05, 4.69) is 29.2 Å². The van der Waals surface area contributed by atoms with Crippen molar-refractivity contribution in [2.45, 2.75) is 0 Å². The van der Waals surface area contributed by atoms with E-state index < -0.39 is 0 Å². The molecule has 0 unspecified atom stereocenters. The van der Waals surface area contributed by atoms with Crippen LogP contribution in [0.1, 0.15) is 0 Å². The van der Waals surface area contributed by atoms with Gasteiger partial charge in [-0.2, -0.15) is 0 Å². The number of para-hydroxylation sites is 2. The second-order valence-corrected chi connectivity index (χ2v) is 6.25. The molecule has 0 saturated carbocycles. The van der Waals surface area contributed by atoms with Crippen LogP contribution in [0.25, 0.3) is 22.3 Å². The van der Waals surface area contributed by atoms with Crippen molar-refractivity contribution in [1.29, 1.82) is 0 Å². The van der Waals surface area contributed by atoms with Crippen LogP contribution in [0.2, 0.25) is 0 Å². The molecule has 0 fully saturated rings. The number of hydrogen-bond acceptors (Lipinski definition) is 4. The SMILES string of the molecule is COc1ccccc1-c1cccc(N(C)CCO)c1-c1ccccc1OC. The summed E-state index contributed by atoms with van der Waals surface area (Å²) in [6.45, 7) is 0.623. The van der Waals surface area contributed by atoms with E-state index in [-0.39, 0.29) is 6.61 Å². The van der Waals surface area contributed by atoms with Crippen molar-refractivity contribution in [1.82, 2.24) is 0 Å². The lowest BCUT2D eigenvalue weighted by Gasteiger charge is -2.25. The van der Waals surface area contributed by atoms with Crippen LogP contribution in [-0.2, 0) is 0 Å². The molecular formula is C23H25NO3. The van der Waals surface area contributed by atoms with Crippen LogP contribution in [0, 0.1) is 0 Å². The summed E-state index contributed by atoms with van der Waals surface area (Å²) in [5.74, 6) is 1.62. The van der Waals surface area contributed by atoms with E-state index in [1.165, 1.54) is 0 Å².